The van der Waals surface area contributed by atoms with Gasteiger partial charge in [-0.1, -0.05) is 12.1 Å². The zero-order valence-corrected chi connectivity index (χ0v) is 8.93. The molecule has 0 amide bonds. The summed E-state index contributed by atoms with van der Waals surface area (Å²) in [4.78, 5) is 10.4. The number of fused-ring (bicyclic) bond motifs is 1. The summed E-state index contributed by atoms with van der Waals surface area (Å²) in [5.74, 6) is 2.02. The molecule has 0 radical (unpaired) electrons. The molecule has 4 heteroatoms. The summed E-state index contributed by atoms with van der Waals surface area (Å²) in [6.07, 6.45) is 1.18. The van der Waals surface area contributed by atoms with Crippen LogP contribution in [0.25, 0.3) is 0 Å². The molecule has 1 aromatic carbocycles. The highest BCUT2D eigenvalue weighted by Crippen LogP contribution is 2.49. The summed E-state index contributed by atoms with van der Waals surface area (Å²) < 4.78 is 0. The van der Waals surface area contributed by atoms with Crippen molar-refractivity contribution < 1.29 is 4.92 Å². The Morgan fingerprint density at radius 2 is 2.25 bits per heavy atom. The van der Waals surface area contributed by atoms with E-state index in [-0.39, 0.29) is 10.6 Å². The molecule has 84 valence electrons. The van der Waals surface area contributed by atoms with E-state index in [9.17, 15) is 10.1 Å². The summed E-state index contributed by atoms with van der Waals surface area (Å²) in [6.45, 7) is 2.19. The average molecular weight is 218 g/mol. The van der Waals surface area contributed by atoms with Gasteiger partial charge in [0.1, 0.15) is 0 Å². The zero-order valence-electron chi connectivity index (χ0n) is 8.93. The average Bonchev–Trinajstić information content (AvgIpc) is 2.61. The van der Waals surface area contributed by atoms with E-state index < -0.39 is 0 Å². The van der Waals surface area contributed by atoms with Crippen LogP contribution in [0.1, 0.15) is 17.9 Å². The molecule has 0 spiro atoms. The van der Waals surface area contributed by atoms with Crippen molar-refractivity contribution in [3.63, 3.8) is 0 Å². The lowest BCUT2D eigenvalue weighted by molar-refractivity contribution is -0.385. The molecular formula is C12H14N2O2. The molecule has 3 rings (SSSR count). The Bertz CT molecular complexity index is 433. The maximum absolute atomic E-state index is 10.7. The second-order valence-corrected chi connectivity index (χ2v) is 4.78. The summed E-state index contributed by atoms with van der Waals surface area (Å²) >= 11 is 0. The minimum Gasteiger partial charge on any atom is -0.316 e. The van der Waals surface area contributed by atoms with Gasteiger partial charge in [-0.05, 0) is 42.8 Å². The van der Waals surface area contributed by atoms with Gasteiger partial charge in [0.05, 0.1) is 4.92 Å². The van der Waals surface area contributed by atoms with Crippen LogP contribution >= 0.6 is 0 Å². The molecule has 16 heavy (non-hydrogen) atoms. The standard InChI is InChI=1S/C12H14N2O2/c15-14(16)10-3-1-2-8(4-10)11-5-9-6-13-7-12(9)11/h1-4,9,11-13H,5-7H2/t9-,11+,12-/m1/s1. The van der Waals surface area contributed by atoms with Gasteiger partial charge in [-0.25, -0.2) is 0 Å². The van der Waals surface area contributed by atoms with Gasteiger partial charge in [-0.2, -0.15) is 0 Å². The number of hydrogen-bond acceptors (Lipinski definition) is 3. The quantitative estimate of drug-likeness (QED) is 0.609. The van der Waals surface area contributed by atoms with Crippen LogP contribution in [-0.4, -0.2) is 18.0 Å². The highest BCUT2D eigenvalue weighted by Gasteiger charge is 2.44. The molecular weight excluding hydrogens is 204 g/mol. The van der Waals surface area contributed by atoms with Gasteiger partial charge in [-0.15, -0.1) is 0 Å². The van der Waals surface area contributed by atoms with Crippen LogP contribution in [0.4, 0.5) is 5.69 Å². The van der Waals surface area contributed by atoms with Crippen LogP contribution in [0.3, 0.4) is 0 Å². The molecule has 2 aliphatic rings. The second kappa shape index (κ2) is 3.56. The Hall–Kier alpha value is -1.42. The molecule has 1 saturated heterocycles. The molecule has 0 aromatic heterocycles. The highest BCUT2D eigenvalue weighted by molar-refractivity contribution is 5.37. The van der Waals surface area contributed by atoms with Crippen molar-refractivity contribution >= 4 is 5.69 Å². The Kier molecular flexibility index (Phi) is 2.17. The van der Waals surface area contributed by atoms with Crippen LogP contribution in [0.2, 0.25) is 0 Å². The molecule has 1 saturated carbocycles. The fraction of sp³-hybridized carbons (Fsp3) is 0.500. The third-order valence-electron chi connectivity index (χ3n) is 3.97. The predicted octanol–water partition coefficient (Wildman–Crippen LogP) is 1.92. The van der Waals surface area contributed by atoms with Crippen molar-refractivity contribution in [1.29, 1.82) is 0 Å². The first-order chi connectivity index (χ1) is 7.75. The second-order valence-electron chi connectivity index (χ2n) is 4.78. The van der Waals surface area contributed by atoms with E-state index in [1.165, 1.54) is 6.42 Å². The summed E-state index contributed by atoms with van der Waals surface area (Å²) in [5, 5.41) is 14.1. The van der Waals surface area contributed by atoms with Crippen molar-refractivity contribution in [3.05, 3.63) is 39.9 Å². The number of nitrogens with zero attached hydrogens (tertiary/aromatic N) is 1. The van der Waals surface area contributed by atoms with E-state index >= 15 is 0 Å². The van der Waals surface area contributed by atoms with Gasteiger partial charge in [0.15, 0.2) is 0 Å². The number of non-ortho nitro benzene ring substituents is 1. The Morgan fingerprint density at radius 3 is 3.00 bits per heavy atom. The van der Waals surface area contributed by atoms with Gasteiger partial charge in [0, 0.05) is 12.1 Å². The third-order valence-corrected chi connectivity index (χ3v) is 3.97. The van der Waals surface area contributed by atoms with Crippen LogP contribution in [0.15, 0.2) is 24.3 Å². The first-order valence-electron chi connectivity index (χ1n) is 5.71. The summed E-state index contributed by atoms with van der Waals surface area (Å²) in [6, 6.07) is 7.11. The number of benzene rings is 1. The van der Waals surface area contributed by atoms with Gasteiger partial charge in [0.2, 0.25) is 0 Å². The molecule has 1 aliphatic carbocycles. The number of nitro benzene ring substituents is 1. The first kappa shape index (κ1) is 9.78. The van der Waals surface area contributed by atoms with Crippen LogP contribution in [0.5, 0.6) is 0 Å². The Balaban J connectivity index is 1.84. The zero-order chi connectivity index (χ0) is 11.1. The van der Waals surface area contributed by atoms with E-state index in [2.05, 4.69) is 5.32 Å². The van der Waals surface area contributed by atoms with Crippen molar-refractivity contribution in [1.82, 2.24) is 5.32 Å². The lowest BCUT2D eigenvalue weighted by Crippen LogP contribution is -2.33. The highest BCUT2D eigenvalue weighted by atomic mass is 16.6. The van der Waals surface area contributed by atoms with Crippen LogP contribution in [-0.2, 0) is 0 Å². The number of nitro groups is 1. The van der Waals surface area contributed by atoms with Crippen molar-refractivity contribution in [2.45, 2.75) is 12.3 Å². The smallest absolute Gasteiger partial charge is 0.269 e. The first-order valence-corrected chi connectivity index (χ1v) is 5.71. The van der Waals surface area contributed by atoms with Crippen molar-refractivity contribution in [2.75, 3.05) is 13.1 Å². The molecule has 0 bridgehead atoms. The van der Waals surface area contributed by atoms with E-state index in [1.54, 1.807) is 18.2 Å². The molecule has 1 aromatic rings. The lowest BCUT2D eigenvalue weighted by atomic mass is 9.64. The molecule has 2 fully saturated rings. The molecule has 0 unspecified atom stereocenters. The fourth-order valence-corrected chi connectivity index (χ4v) is 3.04. The Labute approximate surface area is 93.8 Å². The summed E-state index contributed by atoms with van der Waals surface area (Å²) in [5.41, 5.74) is 1.35. The van der Waals surface area contributed by atoms with Gasteiger partial charge in [-0.3, -0.25) is 10.1 Å². The molecule has 3 atom stereocenters. The normalized spacial score (nSPS) is 31.9. The van der Waals surface area contributed by atoms with Gasteiger partial charge >= 0.3 is 0 Å². The van der Waals surface area contributed by atoms with Crippen LogP contribution < -0.4 is 5.32 Å². The number of rotatable bonds is 2. The molecule has 1 heterocycles. The minimum atomic E-state index is -0.313. The Morgan fingerprint density at radius 1 is 1.38 bits per heavy atom. The number of hydrogen-bond donors (Lipinski definition) is 1. The molecule has 4 nitrogen and oxygen atoms in total. The van der Waals surface area contributed by atoms with Crippen molar-refractivity contribution in [3.8, 4) is 0 Å². The number of nitrogens with one attached hydrogen (secondary N) is 1. The van der Waals surface area contributed by atoms with E-state index in [4.69, 9.17) is 0 Å². The van der Waals surface area contributed by atoms with Gasteiger partial charge in [0.25, 0.3) is 5.69 Å². The van der Waals surface area contributed by atoms with E-state index in [0.717, 1.165) is 24.6 Å². The summed E-state index contributed by atoms with van der Waals surface area (Å²) in [7, 11) is 0. The lowest BCUT2D eigenvalue weighted by Gasteiger charge is -2.39. The minimum absolute atomic E-state index is 0.215. The van der Waals surface area contributed by atoms with Gasteiger partial charge < -0.3 is 5.32 Å². The largest absolute Gasteiger partial charge is 0.316 e. The maximum Gasteiger partial charge on any atom is 0.269 e. The van der Waals surface area contributed by atoms with E-state index in [1.807, 2.05) is 6.07 Å². The fourth-order valence-electron chi connectivity index (χ4n) is 3.04. The topological polar surface area (TPSA) is 55.2 Å². The van der Waals surface area contributed by atoms with Crippen molar-refractivity contribution in [2.24, 2.45) is 11.8 Å². The maximum atomic E-state index is 10.7. The third kappa shape index (κ3) is 1.41. The monoisotopic (exact) mass is 218 g/mol. The SMILES string of the molecule is O=[N+]([O-])c1cccc([C@@H]2C[C@@H]3CNC[C@H]32)c1. The van der Waals surface area contributed by atoms with Crippen LogP contribution in [0, 0.1) is 22.0 Å². The molecule has 1 N–H and O–H groups in total. The predicted molar refractivity (Wildman–Crippen MR) is 60.3 cm³/mol. The van der Waals surface area contributed by atoms with E-state index in [0.29, 0.717) is 11.8 Å². The molecule has 1 aliphatic heterocycles.